The van der Waals surface area contributed by atoms with Gasteiger partial charge in [0.25, 0.3) is 17.7 Å². The first-order valence-electron chi connectivity index (χ1n) is 9.94. The number of anilines is 2. The summed E-state index contributed by atoms with van der Waals surface area (Å²) in [7, 11) is 0. The van der Waals surface area contributed by atoms with Crippen LogP contribution in [0.25, 0.3) is 0 Å². The van der Waals surface area contributed by atoms with Gasteiger partial charge in [-0.1, -0.05) is 23.7 Å². The monoisotopic (exact) mass is 463 g/mol. The summed E-state index contributed by atoms with van der Waals surface area (Å²) < 4.78 is 5.05. The van der Waals surface area contributed by atoms with Crippen molar-refractivity contribution in [3.05, 3.63) is 87.7 Å². The number of pyridine rings is 1. The van der Waals surface area contributed by atoms with E-state index in [-0.39, 0.29) is 27.5 Å². The van der Waals surface area contributed by atoms with Gasteiger partial charge in [-0.2, -0.15) is 0 Å². The van der Waals surface area contributed by atoms with Gasteiger partial charge in [-0.05, 0) is 61.4 Å². The number of imide groups is 1. The molecule has 1 N–H and O–H groups in total. The molecule has 2 aromatic carbocycles. The quantitative estimate of drug-likeness (QED) is 0.349. The lowest BCUT2D eigenvalue weighted by Gasteiger charge is -2.17. The summed E-state index contributed by atoms with van der Waals surface area (Å²) in [6.45, 7) is 3.11. The molecule has 0 aliphatic carbocycles. The summed E-state index contributed by atoms with van der Waals surface area (Å²) >= 11 is 5.88. The van der Waals surface area contributed by atoms with Crippen molar-refractivity contribution in [3.8, 4) is 0 Å². The Kier molecular flexibility index (Phi) is 5.93. The average molecular weight is 464 g/mol. The highest BCUT2D eigenvalue weighted by Gasteiger charge is 2.38. The standard InChI is InChI=1S/C24H18ClN3O5/c1-13-5-6-14(2)19(10-13)28-22(30)16-8-7-15(11-17(16)23(28)31)24(32)33-12-20(29)27-18-4-3-9-26-21(18)25/h3-11H,12H2,1-2H3,(H,27,29). The average Bonchev–Trinajstić information content (AvgIpc) is 3.05. The van der Waals surface area contributed by atoms with Crippen molar-refractivity contribution < 1.29 is 23.9 Å². The first-order valence-corrected chi connectivity index (χ1v) is 10.3. The normalized spacial score (nSPS) is 12.5. The minimum Gasteiger partial charge on any atom is -0.452 e. The molecule has 0 unspecified atom stereocenters. The van der Waals surface area contributed by atoms with Gasteiger partial charge >= 0.3 is 5.97 Å². The summed E-state index contributed by atoms with van der Waals surface area (Å²) in [4.78, 5) is 55.4. The van der Waals surface area contributed by atoms with Gasteiger partial charge < -0.3 is 10.1 Å². The third-order valence-electron chi connectivity index (χ3n) is 5.10. The van der Waals surface area contributed by atoms with Gasteiger partial charge in [0, 0.05) is 6.20 Å². The Morgan fingerprint density at radius 2 is 1.79 bits per heavy atom. The molecule has 1 aliphatic heterocycles. The summed E-state index contributed by atoms with van der Waals surface area (Å²) in [6, 6.07) is 12.7. The van der Waals surface area contributed by atoms with Crippen molar-refractivity contribution in [2.75, 3.05) is 16.8 Å². The number of aryl methyl sites for hydroxylation is 2. The molecule has 33 heavy (non-hydrogen) atoms. The van der Waals surface area contributed by atoms with Crippen LogP contribution in [0.1, 0.15) is 42.2 Å². The van der Waals surface area contributed by atoms with Crippen LogP contribution in [0.5, 0.6) is 0 Å². The largest absolute Gasteiger partial charge is 0.452 e. The van der Waals surface area contributed by atoms with Gasteiger partial charge in [0.2, 0.25) is 0 Å². The molecule has 8 nitrogen and oxygen atoms in total. The second-order valence-corrected chi connectivity index (χ2v) is 7.82. The zero-order valence-corrected chi connectivity index (χ0v) is 18.5. The van der Waals surface area contributed by atoms with Crippen molar-refractivity contribution in [2.45, 2.75) is 13.8 Å². The molecule has 3 amide bonds. The van der Waals surface area contributed by atoms with Gasteiger partial charge in [0.1, 0.15) is 0 Å². The van der Waals surface area contributed by atoms with E-state index in [1.165, 1.54) is 24.4 Å². The Morgan fingerprint density at radius 3 is 2.55 bits per heavy atom. The maximum Gasteiger partial charge on any atom is 0.338 e. The molecule has 1 aliphatic rings. The number of nitrogens with zero attached hydrogens (tertiary/aromatic N) is 2. The van der Waals surface area contributed by atoms with E-state index in [0.717, 1.165) is 16.0 Å². The molecule has 0 atom stereocenters. The van der Waals surface area contributed by atoms with Gasteiger partial charge in [-0.15, -0.1) is 0 Å². The minimum atomic E-state index is -0.810. The molecular weight excluding hydrogens is 446 g/mol. The highest BCUT2D eigenvalue weighted by Crippen LogP contribution is 2.32. The third kappa shape index (κ3) is 4.33. The number of halogens is 1. The molecule has 9 heteroatoms. The fourth-order valence-corrected chi connectivity index (χ4v) is 3.59. The fraction of sp³-hybridized carbons (Fsp3) is 0.125. The third-order valence-corrected chi connectivity index (χ3v) is 5.40. The Morgan fingerprint density at radius 1 is 1.03 bits per heavy atom. The molecule has 0 bridgehead atoms. The lowest BCUT2D eigenvalue weighted by Crippen LogP contribution is -2.30. The predicted molar refractivity (Wildman–Crippen MR) is 122 cm³/mol. The summed E-state index contributed by atoms with van der Waals surface area (Å²) in [5.74, 6) is -2.40. The smallest absolute Gasteiger partial charge is 0.338 e. The molecule has 4 rings (SSSR count). The van der Waals surface area contributed by atoms with Crippen LogP contribution in [0.3, 0.4) is 0 Å². The van der Waals surface area contributed by atoms with Crippen molar-refractivity contribution in [1.29, 1.82) is 0 Å². The summed E-state index contributed by atoms with van der Waals surface area (Å²) in [5.41, 5.74) is 2.80. The number of amides is 3. The Labute approximate surface area is 194 Å². The van der Waals surface area contributed by atoms with E-state index in [2.05, 4.69) is 10.3 Å². The SMILES string of the molecule is Cc1ccc(C)c(N2C(=O)c3ccc(C(=O)OCC(=O)Nc4cccnc4Cl)cc3C2=O)c1. The first-order chi connectivity index (χ1) is 15.8. The minimum absolute atomic E-state index is 0.0462. The number of hydrogen-bond donors (Lipinski definition) is 1. The van der Waals surface area contributed by atoms with Crippen LogP contribution in [0.4, 0.5) is 11.4 Å². The number of esters is 1. The number of fused-ring (bicyclic) bond motifs is 1. The van der Waals surface area contributed by atoms with E-state index in [0.29, 0.717) is 5.69 Å². The highest BCUT2D eigenvalue weighted by molar-refractivity contribution is 6.35. The zero-order chi connectivity index (χ0) is 23.7. The van der Waals surface area contributed by atoms with Crippen molar-refractivity contribution in [2.24, 2.45) is 0 Å². The highest BCUT2D eigenvalue weighted by atomic mass is 35.5. The lowest BCUT2D eigenvalue weighted by molar-refractivity contribution is -0.119. The first kappa shape index (κ1) is 22.2. The molecule has 0 spiro atoms. The number of benzene rings is 2. The zero-order valence-electron chi connectivity index (χ0n) is 17.7. The number of ether oxygens (including phenoxy) is 1. The van der Waals surface area contributed by atoms with E-state index < -0.39 is 30.3 Å². The topological polar surface area (TPSA) is 106 Å². The lowest BCUT2D eigenvalue weighted by atomic mass is 10.1. The van der Waals surface area contributed by atoms with Gasteiger partial charge in [-0.25, -0.2) is 14.7 Å². The second-order valence-electron chi connectivity index (χ2n) is 7.46. The van der Waals surface area contributed by atoms with Crippen molar-refractivity contribution >= 4 is 46.7 Å². The molecule has 166 valence electrons. The molecule has 2 heterocycles. The van der Waals surface area contributed by atoms with Crippen LogP contribution >= 0.6 is 11.6 Å². The van der Waals surface area contributed by atoms with Crippen LogP contribution in [0, 0.1) is 13.8 Å². The number of aromatic nitrogens is 1. The predicted octanol–water partition coefficient (Wildman–Crippen LogP) is 3.95. The number of nitrogens with one attached hydrogen (secondary N) is 1. The summed E-state index contributed by atoms with van der Waals surface area (Å²) in [5, 5.41) is 2.59. The molecule has 0 saturated carbocycles. The van der Waals surface area contributed by atoms with Crippen molar-refractivity contribution in [3.63, 3.8) is 0 Å². The van der Waals surface area contributed by atoms with Crippen LogP contribution < -0.4 is 10.2 Å². The van der Waals surface area contributed by atoms with Crippen LogP contribution in [-0.2, 0) is 9.53 Å². The van der Waals surface area contributed by atoms with Crippen LogP contribution in [-0.4, -0.2) is 35.3 Å². The van der Waals surface area contributed by atoms with E-state index in [1.54, 1.807) is 18.2 Å². The fourth-order valence-electron chi connectivity index (χ4n) is 3.43. The van der Waals surface area contributed by atoms with E-state index >= 15 is 0 Å². The van der Waals surface area contributed by atoms with Gasteiger partial charge in [-0.3, -0.25) is 14.4 Å². The molecule has 0 radical (unpaired) electrons. The number of hydrogen-bond acceptors (Lipinski definition) is 6. The number of carbonyl (C=O) groups excluding carboxylic acids is 4. The molecule has 0 fully saturated rings. The van der Waals surface area contributed by atoms with Gasteiger partial charge in [0.05, 0.1) is 28.1 Å². The van der Waals surface area contributed by atoms with E-state index in [1.807, 2.05) is 26.0 Å². The second kappa shape index (κ2) is 8.84. The number of carbonyl (C=O) groups is 4. The summed E-state index contributed by atoms with van der Waals surface area (Å²) in [6.07, 6.45) is 1.47. The maximum absolute atomic E-state index is 13.0. The Balaban J connectivity index is 1.48. The Hall–Kier alpha value is -4.04. The maximum atomic E-state index is 13.0. The molecule has 3 aromatic rings. The molecule has 1 aromatic heterocycles. The van der Waals surface area contributed by atoms with Crippen LogP contribution in [0.2, 0.25) is 5.15 Å². The van der Waals surface area contributed by atoms with Crippen LogP contribution in [0.15, 0.2) is 54.7 Å². The molecule has 0 saturated heterocycles. The number of rotatable bonds is 5. The van der Waals surface area contributed by atoms with E-state index in [4.69, 9.17) is 16.3 Å². The van der Waals surface area contributed by atoms with Crippen molar-refractivity contribution in [1.82, 2.24) is 4.98 Å². The molecular formula is C24H18ClN3O5. The van der Waals surface area contributed by atoms with Gasteiger partial charge in [0.15, 0.2) is 11.8 Å². The van der Waals surface area contributed by atoms with E-state index in [9.17, 15) is 19.2 Å². The Bertz CT molecular complexity index is 1320.